The fourth-order valence-corrected chi connectivity index (χ4v) is 2.36. The van der Waals surface area contributed by atoms with Gasteiger partial charge in [0.05, 0.1) is 0 Å². The minimum absolute atomic E-state index is 0.0803. The van der Waals surface area contributed by atoms with Crippen LogP contribution < -0.4 is 10.6 Å². The molecule has 108 valence electrons. The molecule has 0 bridgehead atoms. The number of benzene rings is 1. The van der Waals surface area contributed by atoms with Crippen molar-refractivity contribution >= 4 is 17.5 Å². The summed E-state index contributed by atoms with van der Waals surface area (Å²) in [5.74, 6) is -1.81. The summed E-state index contributed by atoms with van der Waals surface area (Å²) in [6, 6.07) is 4.42. The second-order valence-electron chi connectivity index (χ2n) is 5.23. The van der Waals surface area contributed by atoms with Crippen LogP contribution in [0.3, 0.4) is 0 Å². The molecule has 5 heteroatoms. The van der Waals surface area contributed by atoms with Gasteiger partial charge in [-0.15, -0.1) is 0 Å². The Kier molecular flexibility index (Phi) is 4.71. The highest BCUT2D eigenvalue weighted by molar-refractivity contribution is 6.39. The first-order valence-electron chi connectivity index (χ1n) is 6.94. The predicted octanol–water partition coefficient (Wildman–Crippen LogP) is 2.52. The van der Waals surface area contributed by atoms with Crippen molar-refractivity contribution in [1.29, 1.82) is 0 Å². The summed E-state index contributed by atoms with van der Waals surface area (Å²) in [7, 11) is 0. The molecule has 1 aliphatic carbocycles. The molecule has 2 rings (SSSR count). The first-order valence-corrected chi connectivity index (χ1v) is 6.94. The molecule has 0 aromatic heterocycles. The Hall–Kier alpha value is -1.91. The largest absolute Gasteiger partial charge is 0.345 e. The number of hydrogen-bond acceptors (Lipinski definition) is 2. The first kappa shape index (κ1) is 14.5. The SMILES string of the molecule is Cc1ccc(NC(=O)C(=O)NC2CCCCC2)cc1F. The van der Waals surface area contributed by atoms with Crippen molar-refractivity contribution in [3.05, 3.63) is 29.6 Å². The summed E-state index contributed by atoms with van der Waals surface area (Å²) < 4.78 is 13.4. The summed E-state index contributed by atoms with van der Waals surface area (Å²) in [6.07, 6.45) is 5.17. The third-order valence-corrected chi connectivity index (χ3v) is 3.58. The molecule has 0 unspecified atom stereocenters. The normalized spacial score (nSPS) is 15.7. The predicted molar refractivity (Wildman–Crippen MR) is 74.8 cm³/mol. The fraction of sp³-hybridized carbons (Fsp3) is 0.467. The van der Waals surface area contributed by atoms with Crippen molar-refractivity contribution in [2.75, 3.05) is 5.32 Å². The lowest BCUT2D eigenvalue weighted by atomic mass is 9.95. The zero-order chi connectivity index (χ0) is 14.5. The van der Waals surface area contributed by atoms with E-state index in [1.54, 1.807) is 19.1 Å². The van der Waals surface area contributed by atoms with Gasteiger partial charge in [0, 0.05) is 11.7 Å². The van der Waals surface area contributed by atoms with Crippen LogP contribution in [0.5, 0.6) is 0 Å². The maximum atomic E-state index is 13.4. The molecule has 1 aliphatic rings. The summed E-state index contributed by atoms with van der Waals surface area (Å²) in [6.45, 7) is 1.64. The lowest BCUT2D eigenvalue weighted by Crippen LogP contribution is -2.42. The van der Waals surface area contributed by atoms with E-state index in [2.05, 4.69) is 10.6 Å². The molecule has 0 saturated heterocycles. The van der Waals surface area contributed by atoms with Crippen molar-refractivity contribution in [1.82, 2.24) is 5.32 Å². The minimum atomic E-state index is -0.751. The topological polar surface area (TPSA) is 58.2 Å². The number of carbonyl (C=O) groups is 2. The molecule has 0 spiro atoms. The quantitative estimate of drug-likeness (QED) is 0.817. The van der Waals surface area contributed by atoms with E-state index < -0.39 is 17.6 Å². The molecule has 0 heterocycles. The van der Waals surface area contributed by atoms with Crippen LogP contribution in [0.2, 0.25) is 0 Å². The molecular formula is C15H19FN2O2. The maximum absolute atomic E-state index is 13.4. The van der Waals surface area contributed by atoms with Gasteiger partial charge in [-0.25, -0.2) is 4.39 Å². The van der Waals surface area contributed by atoms with E-state index in [0.29, 0.717) is 5.56 Å². The summed E-state index contributed by atoms with van der Waals surface area (Å²) in [4.78, 5) is 23.5. The lowest BCUT2D eigenvalue weighted by Gasteiger charge is -2.22. The van der Waals surface area contributed by atoms with E-state index in [1.165, 1.54) is 12.5 Å². The minimum Gasteiger partial charge on any atom is -0.345 e. The van der Waals surface area contributed by atoms with Gasteiger partial charge in [0.15, 0.2) is 0 Å². The average Bonchev–Trinajstić information content (AvgIpc) is 2.44. The molecule has 0 aliphatic heterocycles. The molecule has 0 atom stereocenters. The Labute approximate surface area is 117 Å². The zero-order valence-electron chi connectivity index (χ0n) is 11.5. The number of aryl methyl sites for hydroxylation is 1. The average molecular weight is 278 g/mol. The van der Waals surface area contributed by atoms with Crippen LogP contribution in [0.15, 0.2) is 18.2 Å². The van der Waals surface area contributed by atoms with Crippen LogP contribution in [0.25, 0.3) is 0 Å². The Balaban J connectivity index is 1.89. The van der Waals surface area contributed by atoms with E-state index in [1.807, 2.05) is 0 Å². The number of amides is 2. The molecule has 20 heavy (non-hydrogen) atoms. The van der Waals surface area contributed by atoms with Gasteiger partial charge < -0.3 is 10.6 Å². The third kappa shape index (κ3) is 3.79. The second-order valence-corrected chi connectivity index (χ2v) is 5.23. The Morgan fingerprint density at radius 2 is 1.85 bits per heavy atom. The van der Waals surface area contributed by atoms with E-state index in [-0.39, 0.29) is 11.7 Å². The summed E-state index contributed by atoms with van der Waals surface area (Å²) in [5, 5.41) is 5.13. The number of rotatable bonds is 2. The van der Waals surface area contributed by atoms with Gasteiger partial charge in [-0.2, -0.15) is 0 Å². The van der Waals surface area contributed by atoms with Crippen LogP contribution in [0.4, 0.5) is 10.1 Å². The monoisotopic (exact) mass is 278 g/mol. The second kappa shape index (κ2) is 6.50. The number of anilines is 1. The van der Waals surface area contributed by atoms with E-state index in [9.17, 15) is 14.0 Å². The Morgan fingerprint density at radius 3 is 2.50 bits per heavy atom. The third-order valence-electron chi connectivity index (χ3n) is 3.58. The fourth-order valence-electron chi connectivity index (χ4n) is 2.36. The molecule has 2 N–H and O–H groups in total. The number of halogens is 1. The van der Waals surface area contributed by atoms with Gasteiger partial charge in [-0.3, -0.25) is 9.59 Å². The highest BCUT2D eigenvalue weighted by atomic mass is 19.1. The van der Waals surface area contributed by atoms with E-state index in [0.717, 1.165) is 25.7 Å². The van der Waals surface area contributed by atoms with Crippen molar-refractivity contribution in [2.45, 2.75) is 45.1 Å². The molecule has 1 aromatic carbocycles. The van der Waals surface area contributed by atoms with Crippen LogP contribution in [-0.4, -0.2) is 17.9 Å². The van der Waals surface area contributed by atoms with E-state index >= 15 is 0 Å². The smallest absolute Gasteiger partial charge is 0.313 e. The van der Waals surface area contributed by atoms with Crippen LogP contribution in [-0.2, 0) is 9.59 Å². The summed E-state index contributed by atoms with van der Waals surface area (Å²) in [5.41, 5.74) is 0.784. The van der Waals surface area contributed by atoms with Crippen molar-refractivity contribution in [2.24, 2.45) is 0 Å². The van der Waals surface area contributed by atoms with Gasteiger partial charge in [0.25, 0.3) is 0 Å². The molecule has 2 amide bonds. The Bertz CT molecular complexity index is 511. The van der Waals surface area contributed by atoms with E-state index in [4.69, 9.17) is 0 Å². The molecule has 4 nitrogen and oxygen atoms in total. The standard InChI is InChI=1S/C15H19FN2O2/c1-10-7-8-12(9-13(10)16)18-15(20)14(19)17-11-5-3-2-4-6-11/h7-9,11H,2-6H2,1H3,(H,17,19)(H,18,20). The highest BCUT2D eigenvalue weighted by Gasteiger charge is 2.20. The van der Waals surface area contributed by atoms with Gasteiger partial charge in [0.2, 0.25) is 0 Å². The van der Waals surface area contributed by atoms with Gasteiger partial charge >= 0.3 is 11.8 Å². The van der Waals surface area contributed by atoms with Crippen LogP contribution in [0, 0.1) is 12.7 Å². The molecule has 1 saturated carbocycles. The summed E-state index contributed by atoms with van der Waals surface area (Å²) >= 11 is 0. The van der Waals surface area contributed by atoms with Crippen molar-refractivity contribution in [3.63, 3.8) is 0 Å². The molecule has 1 fully saturated rings. The number of nitrogens with one attached hydrogen (secondary N) is 2. The van der Waals surface area contributed by atoms with Gasteiger partial charge in [-0.1, -0.05) is 25.3 Å². The van der Waals surface area contributed by atoms with Crippen molar-refractivity contribution in [3.8, 4) is 0 Å². The molecule has 0 radical (unpaired) electrons. The number of hydrogen-bond donors (Lipinski definition) is 2. The van der Waals surface area contributed by atoms with Gasteiger partial charge in [-0.05, 0) is 37.5 Å². The number of carbonyl (C=O) groups excluding carboxylic acids is 2. The Morgan fingerprint density at radius 1 is 1.15 bits per heavy atom. The molecular weight excluding hydrogens is 259 g/mol. The van der Waals surface area contributed by atoms with Gasteiger partial charge in [0.1, 0.15) is 5.82 Å². The van der Waals surface area contributed by atoms with Crippen LogP contribution >= 0.6 is 0 Å². The van der Waals surface area contributed by atoms with Crippen LogP contribution in [0.1, 0.15) is 37.7 Å². The van der Waals surface area contributed by atoms with Crippen molar-refractivity contribution < 1.29 is 14.0 Å². The molecule has 1 aromatic rings. The highest BCUT2D eigenvalue weighted by Crippen LogP contribution is 2.17. The maximum Gasteiger partial charge on any atom is 0.313 e. The zero-order valence-corrected chi connectivity index (χ0v) is 11.5. The lowest BCUT2D eigenvalue weighted by molar-refractivity contribution is -0.136. The first-order chi connectivity index (χ1) is 9.56.